The molecule has 5 nitrogen and oxygen atoms in total. The van der Waals surface area contributed by atoms with E-state index in [1.54, 1.807) is 7.11 Å². The summed E-state index contributed by atoms with van der Waals surface area (Å²) in [5, 5.41) is 3.96. The summed E-state index contributed by atoms with van der Waals surface area (Å²) in [5.41, 5.74) is 3.09. The number of rotatable bonds is 7. The Hall–Kier alpha value is -2.86. The van der Waals surface area contributed by atoms with Crippen molar-refractivity contribution >= 4 is 23.1 Å². The molecule has 1 N–H and O–H groups in total. The fraction of sp³-hybridized carbons (Fsp3) is 0.304. The average molecular weight is 411 g/mol. The summed E-state index contributed by atoms with van der Waals surface area (Å²) in [6.45, 7) is 7.09. The van der Waals surface area contributed by atoms with Gasteiger partial charge in [-0.2, -0.15) is 0 Å². The van der Waals surface area contributed by atoms with E-state index in [-0.39, 0.29) is 11.8 Å². The molecule has 1 unspecified atom stereocenters. The van der Waals surface area contributed by atoms with Gasteiger partial charge in [-0.05, 0) is 50.7 Å². The SMILES string of the molecule is CCOc1cc(C2NC(=S)N(CC)C(C)=C2C(=O)c2ccccc2)ccc1OC. The smallest absolute Gasteiger partial charge is 0.193 e. The molecule has 0 saturated heterocycles. The highest BCUT2D eigenvalue weighted by atomic mass is 32.1. The predicted molar refractivity (Wildman–Crippen MR) is 118 cm³/mol. The first-order valence-corrected chi connectivity index (χ1v) is 10.1. The van der Waals surface area contributed by atoms with Crippen LogP contribution in [0.2, 0.25) is 0 Å². The zero-order valence-corrected chi connectivity index (χ0v) is 18.0. The fourth-order valence-corrected chi connectivity index (χ4v) is 3.98. The highest BCUT2D eigenvalue weighted by molar-refractivity contribution is 7.80. The number of ketones is 1. The minimum Gasteiger partial charge on any atom is -0.493 e. The number of Topliss-reactive ketones (excluding diaryl/α,β-unsaturated/α-hetero) is 1. The van der Waals surface area contributed by atoms with Gasteiger partial charge in [0.05, 0.1) is 19.8 Å². The van der Waals surface area contributed by atoms with E-state index in [0.29, 0.717) is 40.9 Å². The van der Waals surface area contributed by atoms with Crippen LogP contribution in [0.3, 0.4) is 0 Å². The highest BCUT2D eigenvalue weighted by Crippen LogP contribution is 2.37. The number of benzene rings is 2. The van der Waals surface area contributed by atoms with E-state index in [9.17, 15) is 4.79 Å². The average Bonchev–Trinajstić information content (AvgIpc) is 2.74. The van der Waals surface area contributed by atoms with Gasteiger partial charge in [-0.15, -0.1) is 0 Å². The Morgan fingerprint density at radius 1 is 1.14 bits per heavy atom. The summed E-state index contributed by atoms with van der Waals surface area (Å²) in [4.78, 5) is 15.4. The molecule has 1 aliphatic rings. The van der Waals surface area contributed by atoms with Crippen molar-refractivity contribution in [3.8, 4) is 11.5 Å². The summed E-state index contributed by atoms with van der Waals surface area (Å²) in [6.07, 6.45) is 0. The first-order valence-electron chi connectivity index (χ1n) is 9.71. The van der Waals surface area contributed by atoms with Crippen LogP contribution in [-0.2, 0) is 0 Å². The Kier molecular flexibility index (Phi) is 6.54. The van der Waals surface area contributed by atoms with Crippen molar-refractivity contribution in [2.45, 2.75) is 26.8 Å². The van der Waals surface area contributed by atoms with E-state index >= 15 is 0 Å². The maximum Gasteiger partial charge on any atom is 0.193 e. The van der Waals surface area contributed by atoms with Gasteiger partial charge in [0.15, 0.2) is 22.4 Å². The number of ether oxygens (including phenoxy) is 2. The maximum absolute atomic E-state index is 13.5. The number of thiocarbonyl (C=S) groups is 1. The molecule has 6 heteroatoms. The van der Waals surface area contributed by atoms with Crippen molar-refractivity contribution in [1.29, 1.82) is 0 Å². The second-order valence-corrected chi connectivity index (χ2v) is 7.05. The Labute approximate surface area is 177 Å². The molecule has 1 atom stereocenters. The molecule has 1 heterocycles. The van der Waals surface area contributed by atoms with Crippen LogP contribution >= 0.6 is 12.2 Å². The molecule has 0 radical (unpaired) electrons. The number of nitrogens with zero attached hydrogens (tertiary/aromatic N) is 1. The van der Waals surface area contributed by atoms with Gasteiger partial charge < -0.3 is 19.7 Å². The molecule has 152 valence electrons. The second kappa shape index (κ2) is 9.09. The van der Waals surface area contributed by atoms with E-state index in [0.717, 1.165) is 11.3 Å². The molecule has 0 spiro atoms. The quantitative estimate of drug-likeness (QED) is 0.536. The zero-order valence-electron chi connectivity index (χ0n) is 17.2. The fourth-order valence-electron chi connectivity index (χ4n) is 3.59. The lowest BCUT2D eigenvalue weighted by atomic mass is 9.89. The number of allylic oxidation sites excluding steroid dienone is 1. The van der Waals surface area contributed by atoms with E-state index in [1.165, 1.54) is 0 Å². The van der Waals surface area contributed by atoms with Crippen molar-refractivity contribution in [3.05, 3.63) is 70.9 Å². The summed E-state index contributed by atoms with van der Waals surface area (Å²) in [7, 11) is 1.61. The first-order chi connectivity index (χ1) is 14.0. The van der Waals surface area contributed by atoms with Crippen LogP contribution in [0.4, 0.5) is 0 Å². The molecular formula is C23H26N2O3S. The molecular weight excluding hydrogens is 384 g/mol. The lowest BCUT2D eigenvalue weighted by Gasteiger charge is -2.37. The molecule has 3 rings (SSSR count). The van der Waals surface area contributed by atoms with Crippen LogP contribution in [0.25, 0.3) is 0 Å². The monoisotopic (exact) mass is 410 g/mol. The summed E-state index contributed by atoms with van der Waals surface area (Å²) >= 11 is 5.58. The maximum atomic E-state index is 13.5. The lowest BCUT2D eigenvalue weighted by Crippen LogP contribution is -2.47. The van der Waals surface area contributed by atoms with E-state index in [4.69, 9.17) is 21.7 Å². The van der Waals surface area contributed by atoms with Crippen molar-refractivity contribution in [2.75, 3.05) is 20.3 Å². The zero-order chi connectivity index (χ0) is 21.0. The van der Waals surface area contributed by atoms with Crippen LogP contribution < -0.4 is 14.8 Å². The van der Waals surface area contributed by atoms with Crippen LogP contribution in [0.15, 0.2) is 59.8 Å². The number of hydrogen-bond acceptors (Lipinski definition) is 4. The van der Waals surface area contributed by atoms with Crippen LogP contribution in [0, 0.1) is 0 Å². The molecule has 1 aliphatic heterocycles. The molecule has 0 saturated carbocycles. The van der Waals surface area contributed by atoms with Gasteiger partial charge in [0.1, 0.15) is 0 Å². The van der Waals surface area contributed by atoms with Gasteiger partial charge in [-0.3, -0.25) is 4.79 Å². The third kappa shape index (κ3) is 4.12. The normalized spacial score (nSPS) is 16.5. The standard InChI is InChI=1S/C23H26N2O3S/c1-5-25-15(3)20(22(26)16-10-8-7-9-11-16)21(24-23(25)29)17-12-13-18(27-4)19(14-17)28-6-2/h7-14,21H,5-6H2,1-4H3,(H,24,29). The molecule has 0 bridgehead atoms. The van der Waals surface area contributed by atoms with Crippen LogP contribution in [-0.4, -0.2) is 36.1 Å². The van der Waals surface area contributed by atoms with Gasteiger partial charge in [0, 0.05) is 23.4 Å². The molecule has 29 heavy (non-hydrogen) atoms. The lowest BCUT2D eigenvalue weighted by molar-refractivity contribution is 0.102. The molecule has 0 fully saturated rings. The summed E-state index contributed by atoms with van der Waals surface area (Å²) in [5.74, 6) is 1.28. The van der Waals surface area contributed by atoms with E-state index in [2.05, 4.69) is 5.32 Å². The largest absolute Gasteiger partial charge is 0.493 e. The van der Waals surface area contributed by atoms with Crippen LogP contribution in [0.1, 0.15) is 42.7 Å². The van der Waals surface area contributed by atoms with Gasteiger partial charge in [0.2, 0.25) is 0 Å². The molecule has 2 aromatic carbocycles. The Morgan fingerprint density at radius 3 is 2.48 bits per heavy atom. The van der Waals surface area contributed by atoms with Gasteiger partial charge in [-0.25, -0.2) is 0 Å². The van der Waals surface area contributed by atoms with Crippen LogP contribution in [0.5, 0.6) is 11.5 Å². The van der Waals surface area contributed by atoms with Crippen molar-refractivity contribution in [3.63, 3.8) is 0 Å². The Balaban J connectivity index is 2.13. The summed E-state index contributed by atoms with van der Waals surface area (Å²) in [6, 6.07) is 14.7. The summed E-state index contributed by atoms with van der Waals surface area (Å²) < 4.78 is 11.1. The number of methoxy groups -OCH3 is 1. The third-order valence-electron chi connectivity index (χ3n) is 5.01. The highest BCUT2D eigenvalue weighted by Gasteiger charge is 2.34. The topological polar surface area (TPSA) is 50.8 Å². The van der Waals surface area contributed by atoms with Gasteiger partial charge in [0.25, 0.3) is 0 Å². The van der Waals surface area contributed by atoms with E-state index < -0.39 is 0 Å². The molecule has 0 aliphatic carbocycles. The number of carbonyl (C=O) groups is 1. The minimum atomic E-state index is -0.372. The van der Waals surface area contributed by atoms with Crippen molar-refractivity contribution < 1.29 is 14.3 Å². The second-order valence-electron chi connectivity index (χ2n) is 6.66. The predicted octanol–water partition coefficient (Wildman–Crippen LogP) is 4.50. The third-order valence-corrected chi connectivity index (χ3v) is 5.35. The number of hydrogen-bond donors (Lipinski definition) is 1. The molecule has 0 aromatic heterocycles. The number of carbonyl (C=O) groups excluding carboxylic acids is 1. The van der Waals surface area contributed by atoms with Crippen molar-refractivity contribution in [2.24, 2.45) is 0 Å². The first kappa shape index (κ1) is 20.9. The Bertz CT molecular complexity index is 940. The molecule has 2 aromatic rings. The van der Waals surface area contributed by atoms with Crippen molar-refractivity contribution in [1.82, 2.24) is 10.2 Å². The van der Waals surface area contributed by atoms with Gasteiger partial charge in [-0.1, -0.05) is 36.4 Å². The van der Waals surface area contributed by atoms with Gasteiger partial charge >= 0.3 is 0 Å². The molecule has 0 amide bonds. The van der Waals surface area contributed by atoms with E-state index in [1.807, 2.05) is 74.2 Å². The Morgan fingerprint density at radius 2 is 1.86 bits per heavy atom. The number of nitrogens with one attached hydrogen (secondary N) is 1. The minimum absolute atomic E-state index is 0.0182.